The number of sulfonamides is 1. The van der Waals surface area contributed by atoms with E-state index in [0.29, 0.717) is 11.3 Å². The molecule has 0 radical (unpaired) electrons. The second-order valence-electron chi connectivity index (χ2n) is 5.34. The Morgan fingerprint density at radius 1 is 1.41 bits per heavy atom. The predicted molar refractivity (Wildman–Crippen MR) is 68.1 cm³/mol. The topological polar surface area (TPSA) is 72.2 Å². The zero-order chi connectivity index (χ0) is 12.8. The Morgan fingerprint density at radius 2 is 2.00 bits per heavy atom. The van der Waals surface area contributed by atoms with Gasteiger partial charge in [-0.3, -0.25) is 0 Å². The van der Waals surface area contributed by atoms with Crippen molar-refractivity contribution in [2.24, 2.45) is 5.41 Å². The highest BCUT2D eigenvalue weighted by molar-refractivity contribution is 7.89. The molecule has 1 atom stereocenters. The molecule has 0 saturated heterocycles. The maximum absolute atomic E-state index is 12.2. The van der Waals surface area contributed by atoms with E-state index in [1.54, 1.807) is 25.1 Å². The van der Waals surface area contributed by atoms with Crippen LogP contribution in [-0.4, -0.2) is 14.5 Å². The Morgan fingerprint density at radius 3 is 2.53 bits per heavy atom. The van der Waals surface area contributed by atoms with Gasteiger partial charge in [0.2, 0.25) is 10.0 Å². The lowest BCUT2D eigenvalue weighted by molar-refractivity contribution is 0.554. The second kappa shape index (κ2) is 3.71. The molecule has 1 aromatic carbocycles. The molecule has 1 saturated carbocycles. The van der Waals surface area contributed by atoms with E-state index in [0.717, 1.165) is 6.42 Å². The summed E-state index contributed by atoms with van der Waals surface area (Å²) in [5.41, 5.74) is 6.91. The van der Waals surface area contributed by atoms with E-state index in [2.05, 4.69) is 4.72 Å². The first-order valence-corrected chi connectivity index (χ1v) is 7.10. The number of hydrogen-bond donors (Lipinski definition) is 2. The van der Waals surface area contributed by atoms with Crippen LogP contribution < -0.4 is 10.5 Å². The molecule has 4 nitrogen and oxygen atoms in total. The third-order valence-corrected chi connectivity index (χ3v) is 5.04. The molecule has 0 heterocycles. The van der Waals surface area contributed by atoms with Crippen LogP contribution >= 0.6 is 0 Å². The van der Waals surface area contributed by atoms with Crippen LogP contribution in [0.4, 0.5) is 5.69 Å². The Bertz CT molecular complexity index is 550. The smallest absolute Gasteiger partial charge is 0.241 e. The van der Waals surface area contributed by atoms with Crippen LogP contribution in [0.25, 0.3) is 0 Å². The average molecular weight is 254 g/mol. The molecule has 0 amide bonds. The Hall–Kier alpha value is -1.07. The summed E-state index contributed by atoms with van der Waals surface area (Å²) in [5, 5.41) is 0. The molecule has 1 aromatic rings. The molecule has 0 aliphatic heterocycles. The highest BCUT2D eigenvalue weighted by Crippen LogP contribution is 2.45. The van der Waals surface area contributed by atoms with Gasteiger partial charge in [-0.1, -0.05) is 19.9 Å². The fourth-order valence-electron chi connectivity index (χ4n) is 1.84. The van der Waals surface area contributed by atoms with Gasteiger partial charge in [-0.25, -0.2) is 13.1 Å². The molecule has 1 fully saturated rings. The number of benzene rings is 1. The van der Waals surface area contributed by atoms with Crippen LogP contribution in [0.15, 0.2) is 23.1 Å². The predicted octanol–water partition coefficient (Wildman–Crippen LogP) is 1.65. The first-order valence-electron chi connectivity index (χ1n) is 5.61. The first-order chi connectivity index (χ1) is 7.74. The van der Waals surface area contributed by atoms with Gasteiger partial charge in [0.1, 0.15) is 0 Å². The monoisotopic (exact) mass is 254 g/mol. The quantitative estimate of drug-likeness (QED) is 0.806. The van der Waals surface area contributed by atoms with Gasteiger partial charge in [0.05, 0.1) is 4.90 Å². The van der Waals surface area contributed by atoms with E-state index in [4.69, 9.17) is 5.73 Å². The number of hydrogen-bond acceptors (Lipinski definition) is 3. The summed E-state index contributed by atoms with van der Waals surface area (Å²) in [5.74, 6) is 0. The molecular weight excluding hydrogens is 236 g/mol. The minimum atomic E-state index is -3.45. The van der Waals surface area contributed by atoms with Crippen molar-refractivity contribution in [1.29, 1.82) is 0 Å². The van der Waals surface area contributed by atoms with Crippen molar-refractivity contribution in [3.05, 3.63) is 23.8 Å². The Labute approximate surface area is 102 Å². The molecule has 17 heavy (non-hydrogen) atoms. The Balaban J connectivity index is 2.30. The number of anilines is 1. The van der Waals surface area contributed by atoms with E-state index >= 15 is 0 Å². The second-order valence-corrected chi connectivity index (χ2v) is 7.02. The lowest BCUT2D eigenvalue weighted by Gasteiger charge is -2.11. The van der Waals surface area contributed by atoms with Crippen LogP contribution in [0.3, 0.4) is 0 Å². The lowest BCUT2D eigenvalue weighted by atomic mass is 10.2. The molecule has 2 rings (SSSR count). The molecule has 1 aliphatic carbocycles. The van der Waals surface area contributed by atoms with Gasteiger partial charge in [0, 0.05) is 11.7 Å². The standard InChI is InChI=1S/C12H18N2O2S/c1-8-9(13)5-4-6-10(8)17(15,16)14-11-7-12(11,2)3/h4-6,11,14H,7,13H2,1-3H3. The van der Waals surface area contributed by atoms with Gasteiger partial charge in [-0.15, -0.1) is 0 Å². The van der Waals surface area contributed by atoms with Crippen molar-refractivity contribution in [1.82, 2.24) is 4.72 Å². The maximum Gasteiger partial charge on any atom is 0.241 e. The summed E-state index contributed by atoms with van der Waals surface area (Å²) in [6.07, 6.45) is 0.883. The maximum atomic E-state index is 12.2. The van der Waals surface area contributed by atoms with E-state index < -0.39 is 10.0 Å². The van der Waals surface area contributed by atoms with Crippen molar-refractivity contribution < 1.29 is 8.42 Å². The molecule has 3 N–H and O–H groups in total. The molecule has 1 unspecified atom stereocenters. The van der Waals surface area contributed by atoms with Crippen LogP contribution in [0.5, 0.6) is 0 Å². The van der Waals surface area contributed by atoms with Crippen LogP contribution in [-0.2, 0) is 10.0 Å². The zero-order valence-corrected chi connectivity index (χ0v) is 11.1. The van der Waals surface area contributed by atoms with Gasteiger partial charge >= 0.3 is 0 Å². The van der Waals surface area contributed by atoms with Crippen molar-refractivity contribution in [3.8, 4) is 0 Å². The van der Waals surface area contributed by atoms with E-state index in [-0.39, 0.29) is 16.4 Å². The SMILES string of the molecule is Cc1c(N)cccc1S(=O)(=O)NC1CC1(C)C. The van der Waals surface area contributed by atoms with E-state index in [1.165, 1.54) is 0 Å². The van der Waals surface area contributed by atoms with E-state index in [1.807, 2.05) is 13.8 Å². The summed E-state index contributed by atoms with van der Waals surface area (Å²) in [6, 6.07) is 4.99. The highest BCUT2D eigenvalue weighted by atomic mass is 32.2. The first kappa shape index (κ1) is 12.4. The summed E-state index contributed by atoms with van der Waals surface area (Å²) in [7, 11) is -3.45. The van der Waals surface area contributed by atoms with Crippen LogP contribution in [0.1, 0.15) is 25.8 Å². The molecular formula is C12H18N2O2S. The van der Waals surface area contributed by atoms with Crippen molar-refractivity contribution >= 4 is 15.7 Å². The van der Waals surface area contributed by atoms with Gasteiger partial charge in [-0.2, -0.15) is 0 Å². The zero-order valence-electron chi connectivity index (χ0n) is 10.3. The fraction of sp³-hybridized carbons (Fsp3) is 0.500. The van der Waals surface area contributed by atoms with Gasteiger partial charge in [0.25, 0.3) is 0 Å². The largest absolute Gasteiger partial charge is 0.398 e. The lowest BCUT2D eigenvalue weighted by Crippen LogP contribution is -2.29. The number of nitrogens with two attached hydrogens (primary N) is 1. The molecule has 0 bridgehead atoms. The van der Waals surface area contributed by atoms with Crippen LogP contribution in [0.2, 0.25) is 0 Å². The fourth-order valence-corrected chi connectivity index (χ4v) is 3.52. The number of nitrogens with one attached hydrogen (secondary N) is 1. The van der Waals surface area contributed by atoms with E-state index in [9.17, 15) is 8.42 Å². The molecule has 94 valence electrons. The van der Waals surface area contributed by atoms with Gasteiger partial charge < -0.3 is 5.73 Å². The average Bonchev–Trinajstić information content (AvgIpc) is 2.77. The normalized spacial score (nSPS) is 22.4. The summed E-state index contributed by atoms with van der Waals surface area (Å²) in [4.78, 5) is 0.278. The van der Waals surface area contributed by atoms with Gasteiger partial charge in [-0.05, 0) is 36.5 Å². The number of nitrogen functional groups attached to an aromatic ring is 1. The third-order valence-electron chi connectivity index (χ3n) is 3.43. The van der Waals surface area contributed by atoms with Gasteiger partial charge in [0.15, 0.2) is 0 Å². The summed E-state index contributed by atoms with van der Waals surface area (Å²) in [6.45, 7) is 5.82. The third kappa shape index (κ3) is 2.30. The molecule has 1 aliphatic rings. The van der Waals surface area contributed by atoms with Crippen molar-refractivity contribution in [2.75, 3.05) is 5.73 Å². The van der Waals surface area contributed by atoms with Crippen molar-refractivity contribution in [3.63, 3.8) is 0 Å². The summed E-state index contributed by atoms with van der Waals surface area (Å²) < 4.78 is 27.1. The minimum absolute atomic E-state index is 0.0355. The Kier molecular flexibility index (Phi) is 2.71. The highest BCUT2D eigenvalue weighted by Gasteiger charge is 2.48. The molecule has 0 spiro atoms. The van der Waals surface area contributed by atoms with Crippen molar-refractivity contribution in [2.45, 2.75) is 38.1 Å². The molecule has 0 aromatic heterocycles. The minimum Gasteiger partial charge on any atom is -0.398 e. The number of rotatable bonds is 3. The molecule has 5 heteroatoms. The van der Waals surface area contributed by atoms with Crippen LogP contribution in [0, 0.1) is 12.3 Å². The summed E-state index contributed by atoms with van der Waals surface area (Å²) >= 11 is 0.